The highest BCUT2D eigenvalue weighted by atomic mass is 14.9. The molecule has 0 aliphatic heterocycles. The van der Waals surface area contributed by atoms with Gasteiger partial charge in [0.1, 0.15) is 0 Å². The first-order valence-corrected chi connectivity index (χ1v) is 2.90. The summed E-state index contributed by atoms with van der Waals surface area (Å²) in [4.78, 5) is 3.27. The molecule has 0 aliphatic rings. The lowest BCUT2D eigenvalue weighted by Crippen LogP contribution is -1.85. The van der Waals surface area contributed by atoms with Gasteiger partial charge in [-0.2, -0.15) is 0 Å². The van der Waals surface area contributed by atoms with Crippen molar-refractivity contribution < 1.29 is 0 Å². The van der Waals surface area contributed by atoms with Crippen LogP contribution in [0, 0.1) is 6.57 Å². The molecule has 2 heteroatoms. The average Bonchev–Trinajstić information content (AvgIpc) is 2.34. The predicted molar refractivity (Wildman–Crippen MR) is 36.4 cm³/mol. The van der Waals surface area contributed by atoms with Gasteiger partial charge in [0.15, 0.2) is 0 Å². The third-order valence-corrected chi connectivity index (χ3v) is 1.23. The summed E-state index contributed by atoms with van der Waals surface area (Å²) in [6.07, 6.45) is 3.75. The summed E-state index contributed by atoms with van der Waals surface area (Å²) in [7, 11) is 0. The molecule has 0 N–H and O–H groups in total. The van der Waals surface area contributed by atoms with Crippen molar-refractivity contribution >= 4 is 5.69 Å². The van der Waals surface area contributed by atoms with Crippen molar-refractivity contribution in [3.05, 3.63) is 29.9 Å². The van der Waals surface area contributed by atoms with E-state index in [9.17, 15) is 0 Å². The largest absolute Gasteiger partial charge is 0.366 e. The van der Waals surface area contributed by atoms with E-state index in [0.717, 1.165) is 12.2 Å². The fourth-order valence-electron chi connectivity index (χ4n) is 0.691. The van der Waals surface area contributed by atoms with Gasteiger partial charge in [-0.3, -0.25) is 0 Å². The van der Waals surface area contributed by atoms with Crippen molar-refractivity contribution in [2.24, 2.45) is 0 Å². The van der Waals surface area contributed by atoms with Gasteiger partial charge in [0.2, 0.25) is 5.69 Å². The molecule has 1 heterocycles. The van der Waals surface area contributed by atoms with Gasteiger partial charge in [-0.05, 0) is 19.2 Å². The van der Waals surface area contributed by atoms with Crippen molar-refractivity contribution in [1.29, 1.82) is 0 Å². The van der Waals surface area contributed by atoms with E-state index in [4.69, 9.17) is 6.57 Å². The summed E-state index contributed by atoms with van der Waals surface area (Å²) < 4.78 is 1.98. The Bertz CT molecular complexity index is 229. The summed E-state index contributed by atoms with van der Waals surface area (Å²) in [6, 6.07) is 1.82. The Morgan fingerprint density at radius 3 is 2.89 bits per heavy atom. The molecule has 2 nitrogen and oxygen atoms in total. The summed E-state index contributed by atoms with van der Waals surface area (Å²) in [6.45, 7) is 9.63. The Morgan fingerprint density at radius 2 is 2.56 bits per heavy atom. The Kier molecular flexibility index (Phi) is 1.55. The Hall–Kier alpha value is -1.23. The zero-order valence-corrected chi connectivity index (χ0v) is 5.33. The van der Waals surface area contributed by atoms with E-state index in [1.165, 1.54) is 0 Å². The van der Waals surface area contributed by atoms with E-state index in [-0.39, 0.29) is 0 Å². The van der Waals surface area contributed by atoms with Crippen LogP contribution >= 0.6 is 0 Å². The zero-order chi connectivity index (χ0) is 6.69. The minimum atomic E-state index is 0.719. The lowest BCUT2D eigenvalue weighted by atomic mass is 10.6. The van der Waals surface area contributed by atoms with Crippen molar-refractivity contribution in [3.63, 3.8) is 0 Å². The maximum Gasteiger partial charge on any atom is 0.204 e. The number of hydrogen-bond acceptors (Lipinski definition) is 0. The van der Waals surface area contributed by atoms with Crippen LogP contribution in [-0.2, 0) is 6.54 Å². The minimum Gasteiger partial charge on any atom is -0.366 e. The van der Waals surface area contributed by atoms with E-state index in [2.05, 4.69) is 4.85 Å². The molecule has 0 saturated carbocycles. The van der Waals surface area contributed by atoms with Gasteiger partial charge >= 0.3 is 0 Å². The number of rotatable bonds is 1. The topological polar surface area (TPSA) is 9.29 Å². The maximum atomic E-state index is 6.64. The monoisotopic (exact) mass is 120 g/mol. The van der Waals surface area contributed by atoms with Gasteiger partial charge in [0.25, 0.3) is 0 Å². The molecule has 1 aromatic heterocycles. The highest BCUT2D eigenvalue weighted by Crippen LogP contribution is 2.10. The molecule has 1 aromatic rings. The molecule has 0 saturated heterocycles. The minimum absolute atomic E-state index is 0.719. The van der Waals surface area contributed by atoms with E-state index in [0.29, 0.717) is 0 Å². The standard InChI is InChI=1S/C7H8N2/c1-3-9-5-4-7(6-9)8-2/h4-6H,3H2,1H3. The zero-order valence-electron chi connectivity index (χ0n) is 5.33. The van der Waals surface area contributed by atoms with Crippen molar-refractivity contribution in [2.75, 3.05) is 0 Å². The van der Waals surface area contributed by atoms with Crippen LogP contribution in [0.3, 0.4) is 0 Å². The number of hydrogen-bond donors (Lipinski definition) is 0. The quantitative estimate of drug-likeness (QED) is 0.502. The molecule has 0 spiro atoms. The molecule has 9 heavy (non-hydrogen) atoms. The fourth-order valence-corrected chi connectivity index (χ4v) is 0.691. The van der Waals surface area contributed by atoms with Crippen LogP contribution in [-0.4, -0.2) is 4.57 Å². The predicted octanol–water partition coefficient (Wildman–Crippen LogP) is 2.06. The lowest BCUT2D eigenvalue weighted by Gasteiger charge is -1.91. The fraction of sp³-hybridized carbons (Fsp3) is 0.286. The molecule has 1 rings (SSSR count). The van der Waals surface area contributed by atoms with Crippen molar-refractivity contribution in [2.45, 2.75) is 13.5 Å². The van der Waals surface area contributed by atoms with Gasteiger partial charge < -0.3 is 4.57 Å². The van der Waals surface area contributed by atoms with Gasteiger partial charge in [-0.25, -0.2) is 4.85 Å². The van der Waals surface area contributed by atoms with Crippen LogP contribution in [0.1, 0.15) is 6.92 Å². The van der Waals surface area contributed by atoms with Crippen LogP contribution in [0.4, 0.5) is 5.69 Å². The van der Waals surface area contributed by atoms with Crippen molar-refractivity contribution in [1.82, 2.24) is 4.57 Å². The Balaban J connectivity index is 2.90. The third-order valence-electron chi connectivity index (χ3n) is 1.23. The summed E-state index contributed by atoms with van der Waals surface area (Å²) in [5.74, 6) is 0. The first-order chi connectivity index (χ1) is 4.36. The van der Waals surface area contributed by atoms with E-state index >= 15 is 0 Å². The van der Waals surface area contributed by atoms with Gasteiger partial charge in [0, 0.05) is 12.7 Å². The molecule has 0 radical (unpaired) electrons. The SMILES string of the molecule is [C-]#[N+]c1ccn(CC)c1. The second-order valence-electron chi connectivity index (χ2n) is 1.81. The molecule has 0 atom stereocenters. The van der Waals surface area contributed by atoms with Crippen LogP contribution < -0.4 is 0 Å². The summed E-state index contributed by atoms with van der Waals surface area (Å²) in [5.41, 5.74) is 0.719. The van der Waals surface area contributed by atoms with Crippen LogP contribution in [0.15, 0.2) is 18.5 Å². The first-order valence-electron chi connectivity index (χ1n) is 2.90. The molecule has 0 aromatic carbocycles. The van der Waals surface area contributed by atoms with Crippen LogP contribution in [0.25, 0.3) is 4.85 Å². The molecule has 0 bridgehead atoms. The molecular weight excluding hydrogens is 112 g/mol. The van der Waals surface area contributed by atoms with Gasteiger partial charge in [-0.1, -0.05) is 0 Å². The normalized spacial score (nSPS) is 8.89. The van der Waals surface area contributed by atoms with E-state index in [1.54, 1.807) is 0 Å². The number of aromatic nitrogens is 1. The lowest BCUT2D eigenvalue weighted by molar-refractivity contribution is 0.770. The molecular formula is C7H8N2. The van der Waals surface area contributed by atoms with Crippen LogP contribution in [0.5, 0.6) is 0 Å². The second kappa shape index (κ2) is 2.36. The highest BCUT2D eigenvalue weighted by molar-refractivity contribution is 5.41. The average molecular weight is 120 g/mol. The molecule has 46 valence electrons. The molecule has 0 amide bonds. The smallest absolute Gasteiger partial charge is 0.204 e. The van der Waals surface area contributed by atoms with E-state index < -0.39 is 0 Å². The molecule has 0 fully saturated rings. The van der Waals surface area contributed by atoms with Gasteiger partial charge in [-0.15, -0.1) is 0 Å². The maximum absolute atomic E-state index is 6.64. The third kappa shape index (κ3) is 1.11. The molecule has 0 aliphatic carbocycles. The van der Waals surface area contributed by atoms with E-state index in [1.807, 2.05) is 30.0 Å². The Morgan fingerprint density at radius 1 is 1.78 bits per heavy atom. The summed E-state index contributed by atoms with van der Waals surface area (Å²) >= 11 is 0. The summed E-state index contributed by atoms with van der Waals surface area (Å²) in [5, 5.41) is 0. The van der Waals surface area contributed by atoms with Crippen molar-refractivity contribution in [3.8, 4) is 0 Å². The molecule has 0 unspecified atom stereocenters. The Labute approximate surface area is 54.5 Å². The highest BCUT2D eigenvalue weighted by Gasteiger charge is 1.89. The van der Waals surface area contributed by atoms with Crippen LogP contribution in [0.2, 0.25) is 0 Å². The second-order valence-corrected chi connectivity index (χ2v) is 1.81. The number of aryl methyl sites for hydroxylation is 1. The van der Waals surface area contributed by atoms with Gasteiger partial charge in [0.05, 0.1) is 6.57 Å². The first kappa shape index (κ1) is 5.90. The number of nitrogens with zero attached hydrogens (tertiary/aromatic N) is 2.